The van der Waals surface area contributed by atoms with Crippen LogP contribution in [0.4, 0.5) is 5.69 Å². The number of ether oxygens (including phenoxy) is 1. The van der Waals surface area contributed by atoms with Crippen molar-refractivity contribution in [1.82, 2.24) is 0 Å². The number of aliphatic hydroxyl groups excluding tert-OH is 1. The van der Waals surface area contributed by atoms with Gasteiger partial charge in [0.05, 0.1) is 30.7 Å². The van der Waals surface area contributed by atoms with Gasteiger partial charge in [-0.1, -0.05) is 44.2 Å². The van der Waals surface area contributed by atoms with Crippen LogP contribution in [0.1, 0.15) is 76.8 Å². The lowest BCUT2D eigenvalue weighted by atomic mass is 9.45. The molecular weight excluding hydrogens is 456 g/mol. The number of para-hydroxylation sites is 1. The summed E-state index contributed by atoms with van der Waals surface area (Å²) < 4.78 is 5.48. The highest BCUT2D eigenvalue weighted by molar-refractivity contribution is 5.98. The third kappa shape index (κ3) is 3.47. The first-order chi connectivity index (χ1) is 17.9. The molecule has 0 saturated heterocycles. The van der Waals surface area contributed by atoms with Crippen LogP contribution in [0.2, 0.25) is 0 Å². The summed E-state index contributed by atoms with van der Waals surface area (Å²) >= 11 is 0. The second-order valence-corrected chi connectivity index (χ2v) is 13.3. The van der Waals surface area contributed by atoms with Gasteiger partial charge in [-0.2, -0.15) is 5.10 Å². The minimum atomic E-state index is -0.0714. The number of hydrogen-bond donors (Lipinski definition) is 1. The van der Waals surface area contributed by atoms with E-state index < -0.39 is 0 Å². The second kappa shape index (κ2) is 8.59. The Morgan fingerprint density at radius 2 is 1.68 bits per heavy atom. The fourth-order valence-electron chi connectivity index (χ4n) is 9.91. The normalized spacial score (nSPS) is 42.3. The molecule has 1 N–H and O–H groups in total. The van der Waals surface area contributed by atoms with Crippen molar-refractivity contribution in [2.24, 2.45) is 45.5 Å². The molecule has 1 aliphatic heterocycles. The summed E-state index contributed by atoms with van der Waals surface area (Å²) in [5.41, 5.74) is 4.59. The predicted octanol–water partition coefficient (Wildman–Crippen LogP) is 7.24. The van der Waals surface area contributed by atoms with E-state index >= 15 is 0 Å². The zero-order valence-corrected chi connectivity index (χ0v) is 22.6. The summed E-state index contributed by atoms with van der Waals surface area (Å²) in [7, 11) is 1.74. The Bertz CT molecular complexity index is 1180. The molecule has 0 radical (unpaired) electrons. The molecule has 4 aliphatic carbocycles. The van der Waals surface area contributed by atoms with E-state index in [1.165, 1.54) is 55.5 Å². The van der Waals surface area contributed by atoms with Gasteiger partial charge in [-0.25, -0.2) is 0 Å². The van der Waals surface area contributed by atoms with Gasteiger partial charge in [0, 0.05) is 11.3 Å². The van der Waals surface area contributed by atoms with E-state index in [0.717, 1.165) is 36.3 Å². The quantitative estimate of drug-likeness (QED) is 0.485. The molecule has 5 aliphatic rings. The van der Waals surface area contributed by atoms with E-state index in [-0.39, 0.29) is 17.6 Å². The van der Waals surface area contributed by atoms with Crippen LogP contribution < -0.4 is 9.75 Å². The summed E-state index contributed by atoms with van der Waals surface area (Å²) in [5, 5.41) is 18.3. The van der Waals surface area contributed by atoms with Gasteiger partial charge >= 0.3 is 0 Å². The zero-order valence-electron chi connectivity index (χ0n) is 22.6. The number of methoxy groups -OCH3 is 1. The molecule has 4 nitrogen and oxygen atoms in total. The number of benzene rings is 2. The zero-order chi connectivity index (χ0) is 25.4. The van der Waals surface area contributed by atoms with Crippen LogP contribution >= 0.6 is 0 Å². The summed E-state index contributed by atoms with van der Waals surface area (Å²) in [6, 6.07) is 19.7. The van der Waals surface area contributed by atoms with Crippen LogP contribution in [-0.2, 0) is 0 Å². The number of aliphatic hydroxyl groups is 1. The van der Waals surface area contributed by atoms with Crippen molar-refractivity contribution >= 4 is 11.4 Å². The minimum Gasteiger partial charge on any atom is -0.497 e. The van der Waals surface area contributed by atoms with Gasteiger partial charge in [0.2, 0.25) is 0 Å². The highest BCUT2D eigenvalue weighted by Crippen LogP contribution is 2.68. The third-order valence-electron chi connectivity index (χ3n) is 11.8. The van der Waals surface area contributed by atoms with Crippen molar-refractivity contribution in [2.45, 2.75) is 77.4 Å². The first-order valence-electron chi connectivity index (χ1n) is 14.7. The Labute approximate surface area is 222 Å². The molecule has 0 spiro atoms. The molecule has 0 aromatic heterocycles. The van der Waals surface area contributed by atoms with E-state index in [1.54, 1.807) is 7.11 Å². The maximum Gasteiger partial charge on any atom is 0.118 e. The van der Waals surface area contributed by atoms with E-state index in [4.69, 9.17) is 9.84 Å². The van der Waals surface area contributed by atoms with Crippen molar-refractivity contribution in [3.05, 3.63) is 60.2 Å². The van der Waals surface area contributed by atoms with E-state index in [0.29, 0.717) is 17.3 Å². The Hall–Kier alpha value is -2.33. The number of hydrogen-bond acceptors (Lipinski definition) is 4. The topological polar surface area (TPSA) is 45.1 Å². The molecule has 0 unspecified atom stereocenters. The lowest BCUT2D eigenvalue weighted by Crippen LogP contribution is -2.54. The molecule has 196 valence electrons. The average Bonchev–Trinajstić information content (AvgIpc) is 3.44. The SMILES string of the molecule is COc1ccc([C@@H]2[C@H]3C[C@H]4[C@@H]5CC[C@H]6C[C@@H](O)CC[C@]6(C)[C@H]5CC[C@]4(C)C3=NN2c2ccccc2)cc1. The molecular formula is C33H42N2O2. The van der Waals surface area contributed by atoms with E-state index in [2.05, 4.69) is 73.5 Å². The Balaban J connectivity index is 1.26. The third-order valence-corrected chi connectivity index (χ3v) is 11.8. The Morgan fingerprint density at radius 3 is 2.43 bits per heavy atom. The molecule has 0 amide bonds. The smallest absolute Gasteiger partial charge is 0.118 e. The summed E-state index contributed by atoms with van der Waals surface area (Å²) in [4.78, 5) is 0. The standard InChI is InChI=1S/C33H42N2O2/c1-32-17-15-24(36)19-22(32)11-14-26-28(32)16-18-33(2)29(26)20-27-30(21-9-12-25(37-3)13-10-21)35(34-31(27)33)23-7-5-4-6-8-23/h4-10,12-13,22,24,26-30,36H,11,14-20H2,1-3H3/t22-,24-,26+,27+,28-,29-,30+,32-,33-/m0/s1. The monoisotopic (exact) mass is 498 g/mol. The Kier molecular flexibility index (Phi) is 5.52. The minimum absolute atomic E-state index is 0.0714. The van der Waals surface area contributed by atoms with Gasteiger partial charge in [-0.05, 0) is 110 Å². The Morgan fingerprint density at radius 1 is 0.892 bits per heavy atom. The first kappa shape index (κ1) is 23.8. The maximum atomic E-state index is 10.4. The van der Waals surface area contributed by atoms with Crippen LogP contribution in [0.15, 0.2) is 59.7 Å². The molecule has 0 bridgehead atoms. The molecule has 2 aromatic rings. The maximum absolute atomic E-state index is 10.4. The van der Waals surface area contributed by atoms with Crippen LogP contribution in [0, 0.1) is 40.4 Å². The first-order valence-corrected chi connectivity index (χ1v) is 14.7. The molecule has 2 aromatic carbocycles. The number of hydrazone groups is 1. The molecule has 4 heteroatoms. The average molecular weight is 499 g/mol. The van der Waals surface area contributed by atoms with Gasteiger partial charge in [-0.15, -0.1) is 0 Å². The van der Waals surface area contributed by atoms with Gasteiger partial charge in [-0.3, -0.25) is 5.01 Å². The van der Waals surface area contributed by atoms with Gasteiger partial charge < -0.3 is 9.84 Å². The second-order valence-electron chi connectivity index (χ2n) is 13.3. The highest BCUT2D eigenvalue weighted by atomic mass is 16.5. The molecule has 1 heterocycles. The number of rotatable bonds is 3. The number of anilines is 1. The van der Waals surface area contributed by atoms with Crippen molar-refractivity contribution in [1.29, 1.82) is 0 Å². The summed E-state index contributed by atoms with van der Waals surface area (Å²) in [6.45, 7) is 5.15. The van der Waals surface area contributed by atoms with E-state index in [1.807, 2.05) is 0 Å². The summed E-state index contributed by atoms with van der Waals surface area (Å²) in [6.07, 6.45) is 9.65. The van der Waals surface area contributed by atoms with Crippen molar-refractivity contribution in [3.63, 3.8) is 0 Å². The van der Waals surface area contributed by atoms with Gasteiger partial charge in [0.1, 0.15) is 5.75 Å². The van der Waals surface area contributed by atoms with Crippen molar-refractivity contribution < 1.29 is 9.84 Å². The molecule has 7 rings (SSSR count). The largest absolute Gasteiger partial charge is 0.497 e. The van der Waals surface area contributed by atoms with Gasteiger partial charge in [0.25, 0.3) is 0 Å². The van der Waals surface area contributed by atoms with Crippen molar-refractivity contribution in [2.75, 3.05) is 12.1 Å². The van der Waals surface area contributed by atoms with Crippen LogP contribution in [-0.4, -0.2) is 24.0 Å². The highest BCUT2D eigenvalue weighted by Gasteiger charge is 2.64. The molecule has 4 saturated carbocycles. The fourth-order valence-corrected chi connectivity index (χ4v) is 9.91. The van der Waals surface area contributed by atoms with Crippen LogP contribution in [0.3, 0.4) is 0 Å². The predicted molar refractivity (Wildman–Crippen MR) is 149 cm³/mol. The van der Waals surface area contributed by atoms with Crippen LogP contribution in [0.25, 0.3) is 0 Å². The lowest BCUT2D eigenvalue weighted by Gasteiger charge is -2.60. The van der Waals surface area contributed by atoms with Gasteiger partial charge in [0.15, 0.2) is 0 Å². The van der Waals surface area contributed by atoms with Crippen molar-refractivity contribution in [3.8, 4) is 5.75 Å². The number of fused-ring (bicyclic) bond motifs is 7. The molecule has 4 fully saturated rings. The van der Waals surface area contributed by atoms with E-state index in [9.17, 15) is 5.11 Å². The number of nitrogens with zero attached hydrogens (tertiary/aromatic N) is 2. The molecule has 37 heavy (non-hydrogen) atoms. The van der Waals surface area contributed by atoms with Crippen LogP contribution in [0.5, 0.6) is 5.75 Å². The molecule has 9 atom stereocenters. The lowest BCUT2D eigenvalue weighted by molar-refractivity contribution is -0.114. The summed E-state index contributed by atoms with van der Waals surface area (Å²) in [5.74, 6) is 4.40. The fraction of sp³-hybridized carbons (Fsp3) is 0.606.